The lowest BCUT2D eigenvalue weighted by Crippen LogP contribution is -2.38. The minimum Gasteiger partial charge on any atom is -0.396 e. The van der Waals surface area contributed by atoms with Gasteiger partial charge in [-0.25, -0.2) is 0 Å². The van der Waals surface area contributed by atoms with Gasteiger partial charge in [-0.2, -0.15) is 0 Å². The number of carbonyl (C=O) groups excluding carboxylic acids is 1. The standard InChI is InChI=1S/C16H22N2O2/c19-10-13-3-1-5-15(13)18-16(20)12-6-7-14-11(9-12)4-2-8-17-14/h6-7,9,13,15,17,19H,1-5,8,10H2,(H,18,20). The van der Waals surface area contributed by atoms with E-state index in [9.17, 15) is 9.90 Å². The molecule has 2 unspecified atom stereocenters. The summed E-state index contributed by atoms with van der Waals surface area (Å²) in [6.07, 6.45) is 5.22. The first-order valence-electron chi connectivity index (χ1n) is 7.56. The highest BCUT2D eigenvalue weighted by Crippen LogP contribution is 2.26. The van der Waals surface area contributed by atoms with Crippen molar-refractivity contribution in [3.05, 3.63) is 29.3 Å². The van der Waals surface area contributed by atoms with Crippen molar-refractivity contribution in [2.45, 2.75) is 38.1 Å². The Balaban J connectivity index is 1.71. The highest BCUT2D eigenvalue weighted by atomic mass is 16.3. The number of amides is 1. The van der Waals surface area contributed by atoms with Crippen LogP contribution < -0.4 is 10.6 Å². The molecule has 0 spiro atoms. The van der Waals surface area contributed by atoms with Crippen molar-refractivity contribution in [3.63, 3.8) is 0 Å². The third-order valence-corrected chi connectivity index (χ3v) is 4.52. The maximum Gasteiger partial charge on any atom is 0.251 e. The van der Waals surface area contributed by atoms with Gasteiger partial charge < -0.3 is 15.7 Å². The van der Waals surface area contributed by atoms with Crippen LogP contribution >= 0.6 is 0 Å². The Morgan fingerprint density at radius 2 is 2.25 bits per heavy atom. The number of benzene rings is 1. The molecule has 1 heterocycles. The normalized spacial score (nSPS) is 24.9. The number of rotatable bonds is 3. The Labute approximate surface area is 119 Å². The summed E-state index contributed by atoms with van der Waals surface area (Å²) in [5, 5.41) is 15.8. The summed E-state index contributed by atoms with van der Waals surface area (Å²) in [5.41, 5.74) is 3.12. The lowest BCUT2D eigenvalue weighted by molar-refractivity contribution is 0.0916. The van der Waals surface area contributed by atoms with Crippen molar-refractivity contribution >= 4 is 11.6 Å². The number of aryl methyl sites for hydroxylation is 1. The fourth-order valence-corrected chi connectivity index (χ4v) is 3.31. The van der Waals surface area contributed by atoms with E-state index in [0.29, 0.717) is 0 Å². The number of aliphatic hydroxyl groups is 1. The maximum absolute atomic E-state index is 12.3. The van der Waals surface area contributed by atoms with E-state index in [1.54, 1.807) is 0 Å². The number of hydrogen-bond donors (Lipinski definition) is 3. The zero-order valence-electron chi connectivity index (χ0n) is 11.7. The average molecular weight is 274 g/mol. The van der Waals surface area contributed by atoms with Crippen LogP contribution in [0.2, 0.25) is 0 Å². The Morgan fingerprint density at radius 1 is 1.35 bits per heavy atom. The largest absolute Gasteiger partial charge is 0.396 e. The molecule has 2 atom stereocenters. The molecule has 2 aliphatic rings. The van der Waals surface area contributed by atoms with Crippen molar-refractivity contribution in [1.82, 2.24) is 5.32 Å². The second kappa shape index (κ2) is 5.83. The Bertz CT molecular complexity index is 501. The summed E-state index contributed by atoms with van der Waals surface area (Å²) >= 11 is 0. The fraction of sp³-hybridized carbons (Fsp3) is 0.562. The van der Waals surface area contributed by atoms with Gasteiger partial charge in [-0.1, -0.05) is 6.42 Å². The van der Waals surface area contributed by atoms with Gasteiger partial charge in [0.2, 0.25) is 0 Å². The molecule has 108 valence electrons. The SMILES string of the molecule is O=C(NC1CCCC1CO)c1ccc2c(c1)CCCN2. The second-order valence-corrected chi connectivity index (χ2v) is 5.86. The molecule has 1 aliphatic carbocycles. The van der Waals surface area contributed by atoms with Crippen LogP contribution in [0.15, 0.2) is 18.2 Å². The molecule has 4 heteroatoms. The third kappa shape index (κ3) is 2.66. The van der Waals surface area contributed by atoms with Gasteiger partial charge in [-0.15, -0.1) is 0 Å². The molecule has 4 nitrogen and oxygen atoms in total. The molecule has 1 saturated carbocycles. The van der Waals surface area contributed by atoms with Crippen molar-refractivity contribution in [3.8, 4) is 0 Å². The quantitative estimate of drug-likeness (QED) is 0.789. The summed E-state index contributed by atoms with van der Waals surface area (Å²) in [6, 6.07) is 6.01. The van der Waals surface area contributed by atoms with Crippen LogP contribution in [0.1, 0.15) is 41.6 Å². The number of fused-ring (bicyclic) bond motifs is 1. The average Bonchev–Trinajstić information content (AvgIpc) is 2.94. The topological polar surface area (TPSA) is 61.4 Å². The van der Waals surface area contributed by atoms with E-state index in [1.807, 2.05) is 18.2 Å². The first-order chi connectivity index (χ1) is 9.78. The lowest BCUT2D eigenvalue weighted by Gasteiger charge is -2.21. The summed E-state index contributed by atoms with van der Waals surface area (Å²) < 4.78 is 0. The minimum atomic E-state index is -0.0104. The summed E-state index contributed by atoms with van der Waals surface area (Å²) in [6.45, 7) is 1.18. The Hall–Kier alpha value is -1.55. The molecule has 1 amide bonds. The van der Waals surface area contributed by atoms with E-state index in [4.69, 9.17) is 0 Å². The molecule has 1 aliphatic heterocycles. The molecule has 0 aromatic heterocycles. The minimum absolute atomic E-state index is 0.0104. The van der Waals surface area contributed by atoms with Crippen molar-refractivity contribution in [2.24, 2.45) is 5.92 Å². The summed E-state index contributed by atoms with van der Waals surface area (Å²) in [4.78, 5) is 12.3. The van der Waals surface area contributed by atoms with E-state index in [-0.39, 0.29) is 24.5 Å². The third-order valence-electron chi connectivity index (χ3n) is 4.52. The molecule has 1 aromatic rings. The number of nitrogens with one attached hydrogen (secondary N) is 2. The van der Waals surface area contributed by atoms with Crippen LogP contribution in [-0.2, 0) is 6.42 Å². The molecular weight excluding hydrogens is 252 g/mol. The van der Waals surface area contributed by atoms with Gasteiger partial charge >= 0.3 is 0 Å². The number of anilines is 1. The molecule has 0 saturated heterocycles. The second-order valence-electron chi connectivity index (χ2n) is 5.86. The molecule has 3 rings (SSSR count). The predicted octanol–water partition coefficient (Wildman–Crippen LogP) is 1.94. The lowest BCUT2D eigenvalue weighted by atomic mass is 10.00. The van der Waals surface area contributed by atoms with E-state index in [0.717, 1.165) is 49.9 Å². The molecular formula is C16H22N2O2. The summed E-state index contributed by atoms with van der Waals surface area (Å²) in [7, 11) is 0. The maximum atomic E-state index is 12.3. The van der Waals surface area contributed by atoms with Crippen LogP contribution in [-0.4, -0.2) is 30.2 Å². The van der Waals surface area contributed by atoms with Gasteiger partial charge in [0.15, 0.2) is 0 Å². The molecule has 0 radical (unpaired) electrons. The molecule has 1 aromatic carbocycles. The highest BCUT2D eigenvalue weighted by Gasteiger charge is 2.28. The Kier molecular flexibility index (Phi) is 3.92. The zero-order valence-corrected chi connectivity index (χ0v) is 11.7. The van der Waals surface area contributed by atoms with Gasteiger partial charge in [0.25, 0.3) is 5.91 Å². The van der Waals surface area contributed by atoms with Gasteiger partial charge in [-0.3, -0.25) is 4.79 Å². The smallest absolute Gasteiger partial charge is 0.251 e. The van der Waals surface area contributed by atoms with Crippen LogP contribution in [0, 0.1) is 5.92 Å². The number of aliphatic hydroxyl groups excluding tert-OH is 1. The van der Waals surface area contributed by atoms with Crippen molar-refractivity contribution < 1.29 is 9.90 Å². The van der Waals surface area contributed by atoms with Crippen molar-refractivity contribution in [1.29, 1.82) is 0 Å². The van der Waals surface area contributed by atoms with Gasteiger partial charge in [0, 0.05) is 36.4 Å². The molecule has 20 heavy (non-hydrogen) atoms. The van der Waals surface area contributed by atoms with Gasteiger partial charge in [0.1, 0.15) is 0 Å². The Morgan fingerprint density at radius 3 is 3.10 bits per heavy atom. The fourth-order valence-electron chi connectivity index (χ4n) is 3.31. The first kappa shape index (κ1) is 13.4. The van der Waals surface area contributed by atoms with Gasteiger partial charge in [-0.05, 0) is 49.4 Å². The van der Waals surface area contributed by atoms with E-state index in [1.165, 1.54) is 5.56 Å². The van der Waals surface area contributed by atoms with E-state index >= 15 is 0 Å². The van der Waals surface area contributed by atoms with Crippen LogP contribution in [0.25, 0.3) is 0 Å². The zero-order chi connectivity index (χ0) is 13.9. The van der Waals surface area contributed by atoms with E-state index in [2.05, 4.69) is 10.6 Å². The van der Waals surface area contributed by atoms with Crippen LogP contribution in [0.5, 0.6) is 0 Å². The molecule has 1 fully saturated rings. The van der Waals surface area contributed by atoms with Crippen LogP contribution in [0.3, 0.4) is 0 Å². The first-order valence-corrected chi connectivity index (χ1v) is 7.56. The van der Waals surface area contributed by atoms with E-state index < -0.39 is 0 Å². The number of carbonyl (C=O) groups is 1. The van der Waals surface area contributed by atoms with Crippen LogP contribution in [0.4, 0.5) is 5.69 Å². The summed E-state index contributed by atoms with van der Waals surface area (Å²) in [5.74, 6) is 0.210. The highest BCUT2D eigenvalue weighted by molar-refractivity contribution is 5.95. The van der Waals surface area contributed by atoms with Gasteiger partial charge in [0.05, 0.1) is 0 Å². The molecule has 3 N–H and O–H groups in total. The molecule has 0 bridgehead atoms. The predicted molar refractivity (Wildman–Crippen MR) is 78.9 cm³/mol. The number of hydrogen-bond acceptors (Lipinski definition) is 3. The van der Waals surface area contributed by atoms with Crippen molar-refractivity contribution in [2.75, 3.05) is 18.5 Å². The monoisotopic (exact) mass is 274 g/mol.